The molecule has 1 heterocycles. The van der Waals surface area contributed by atoms with Crippen molar-refractivity contribution in [2.75, 3.05) is 20.2 Å². The number of nitrogens with zero attached hydrogens (tertiary/aromatic N) is 1. The SMILES string of the molecule is COC(C)(C)C(N)CN1CCC(C)CCC1=O. The molecule has 1 aliphatic rings. The summed E-state index contributed by atoms with van der Waals surface area (Å²) in [7, 11) is 1.66. The van der Waals surface area contributed by atoms with E-state index in [-0.39, 0.29) is 11.9 Å². The zero-order valence-corrected chi connectivity index (χ0v) is 11.5. The van der Waals surface area contributed by atoms with Crippen LogP contribution in [0.2, 0.25) is 0 Å². The topological polar surface area (TPSA) is 55.6 Å². The highest BCUT2D eigenvalue weighted by molar-refractivity contribution is 5.76. The fraction of sp³-hybridized carbons (Fsp3) is 0.923. The third kappa shape index (κ3) is 3.96. The first-order chi connectivity index (χ1) is 7.86. The first kappa shape index (κ1) is 14.5. The summed E-state index contributed by atoms with van der Waals surface area (Å²) in [5.41, 5.74) is 5.73. The van der Waals surface area contributed by atoms with Gasteiger partial charge in [-0.2, -0.15) is 0 Å². The zero-order chi connectivity index (χ0) is 13.1. The Kier molecular flexibility index (Phi) is 4.95. The molecular weight excluding hydrogens is 216 g/mol. The van der Waals surface area contributed by atoms with Crippen LogP contribution >= 0.6 is 0 Å². The third-order valence-corrected chi connectivity index (χ3v) is 3.93. The summed E-state index contributed by atoms with van der Waals surface area (Å²) in [6.07, 6.45) is 2.73. The van der Waals surface area contributed by atoms with E-state index in [1.165, 1.54) is 0 Å². The molecule has 1 amide bonds. The second-order valence-corrected chi connectivity index (χ2v) is 5.69. The molecule has 4 heteroatoms. The summed E-state index contributed by atoms with van der Waals surface area (Å²) in [4.78, 5) is 13.8. The molecule has 0 aliphatic carbocycles. The van der Waals surface area contributed by atoms with E-state index >= 15 is 0 Å². The fourth-order valence-electron chi connectivity index (χ4n) is 1.98. The van der Waals surface area contributed by atoms with Crippen molar-refractivity contribution in [2.45, 2.75) is 51.7 Å². The monoisotopic (exact) mass is 242 g/mol. The molecule has 4 nitrogen and oxygen atoms in total. The van der Waals surface area contributed by atoms with E-state index in [0.717, 1.165) is 19.4 Å². The van der Waals surface area contributed by atoms with Crippen LogP contribution in [0.1, 0.15) is 40.0 Å². The Balaban J connectivity index is 2.57. The minimum atomic E-state index is -0.391. The lowest BCUT2D eigenvalue weighted by molar-refractivity contribution is -0.131. The number of hydrogen-bond donors (Lipinski definition) is 1. The van der Waals surface area contributed by atoms with Gasteiger partial charge in [-0.3, -0.25) is 4.79 Å². The molecule has 2 N–H and O–H groups in total. The van der Waals surface area contributed by atoms with Gasteiger partial charge in [0.15, 0.2) is 0 Å². The van der Waals surface area contributed by atoms with Crippen LogP contribution in [0.3, 0.4) is 0 Å². The molecule has 1 aliphatic heterocycles. The van der Waals surface area contributed by atoms with Crippen LogP contribution in [-0.2, 0) is 9.53 Å². The fourth-order valence-corrected chi connectivity index (χ4v) is 1.98. The van der Waals surface area contributed by atoms with Gasteiger partial charge in [-0.1, -0.05) is 6.92 Å². The van der Waals surface area contributed by atoms with Gasteiger partial charge in [0.1, 0.15) is 0 Å². The zero-order valence-electron chi connectivity index (χ0n) is 11.5. The number of likely N-dealkylation sites (tertiary alicyclic amines) is 1. The number of carbonyl (C=O) groups excluding carboxylic acids is 1. The molecule has 0 spiro atoms. The molecule has 100 valence electrons. The summed E-state index contributed by atoms with van der Waals surface area (Å²) >= 11 is 0. The molecular formula is C13H26N2O2. The number of carbonyl (C=O) groups is 1. The quantitative estimate of drug-likeness (QED) is 0.810. The van der Waals surface area contributed by atoms with Gasteiger partial charge < -0.3 is 15.4 Å². The van der Waals surface area contributed by atoms with Crippen molar-refractivity contribution in [1.29, 1.82) is 0 Å². The maximum Gasteiger partial charge on any atom is 0.222 e. The predicted octanol–water partition coefficient (Wildman–Crippen LogP) is 1.39. The molecule has 2 unspecified atom stereocenters. The molecule has 17 heavy (non-hydrogen) atoms. The van der Waals surface area contributed by atoms with Crippen LogP contribution in [0.5, 0.6) is 0 Å². The summed E-state index contributed by atoms with van der Waals surface area (Å²) < 4.78 is 5.37. The van der Waals surface area contributed by atoms with Crippen molar-refractivity contribution in [2.24, 2.45) is 11.7 Å². The Hall–Kier alpha value is -0.610. The Labute approximate surface area is 104 Å². The Morgan fingerprint density at radius 3 is 2.76 bits per heavy atom. The number of methoxy groups -OCH3 is 1. The smallest absolute Gasteiger partial charge is 0.222 e. The molecule has 0 saturated carbocycles. The molecule has 0 aromatic heterocycles. The normalized spacial score (nSPS) is 24.6. The lowest BCUT2D eigenvalue weighted by Crippen LogP contribution is -2.52. The van der Waals surface area contributed by atoms with Crippen molar-refractivity contribution in [1.82, 2.24) is 4.90 Å². The maximum absolute atomic E-state index is 11.9. The molecule has 0 aromatic carbocycles. The number of nitrogens with two attached hydrogens (primary N) is 1. The van der Waals surface area contributed by atoms with Gasteiger partial charge in [0.2, 0.25) is 5.91 Å². The van der Waals surface area contributed by atoms with Crippen molar-refractivity contribution in [3.63, 3.8) is 0 Å². The van der Waals surface area contributed by atoms with E-state index < -0.39 is 5.60 Å². The van der Waals surface area contributed by atoms with E-state index in [2.05, 4.69) is 6.92 Å². The van der Waals surface area contributed by atoms with E-state index in [1.807, 2.05) is 18.7 Å². The summed E-state index contributed by atoms with van der Waals surface area (Å²) in [5, 5.41) is 0. The van der Waals surface area contributed by atoms with Gasteiger partial charge in [0.05, 0.1) is 11.6 Å². The average Bonchev–Trinajstić information content (AvgIpc) is 2.44. The van der Waals surface area contributed by atoms with Crippen LogP contribution in [0.4, 0.5) is 0 Å². The molecule has 0 bridgehead atoms. The minimum absolute atomic E-state index is 0.148. The number of rotatable bonds is 4. The number of hydrogen-bond acceptors (Lipinski definition) is 3. The Morgan fingerprint density at radius 1 is 1.53 bits per heavy atom. The third-order valence-electron chi connectivity index (χ3n) is 3.93. The number of ether oxygens (including phenoxy) is 1. The minimum Gasteiger partial charge on any atom is -0.377 e. The Bertz CT molecular complexity index is 266. The molecule has 0 aromatic rings. The van der Waals surface area contributed by atoms with Crippen LogP contribution in [0.15, 0.2) is 0 Å². The molecule has 0 radical (unpaired) electrons. The van der Waals surface area contributed by atoms with E-state index in [1.54, 1.807) is 7.11 Å². The van der Waals surface area contributed by atoms with Gasteiger partial charge in [-0.05, 0) is 32.6 Å². The highest BCUT2D eigenvalue weighted by Crippen LogP contribution is 2.19. The lowest BCUT2D eigenvalue weighted by Gasteiger charge is -2.34. The molecule has 1 saturated heterocycles. The molecule has 1 fully saturated rings. The lowest BCUT2D eigenvalue weighted by atomic mass is 9.99. The maximum atomic E-state index is 11.9. The van der Waals surface area contributed by atoms with Gasteiger partial charge >= 0.3 is 0 Å². The summed E-state index contributed by atoms with van der Waals surface area (Å²) in [6.45, 7) is 7.54. The number of amides is 1. The van der Waals surface area contributed by atoms with Crippen molar-refractivity contribution >= 4 is 5.91 Å². The highest BCUT2D eigenvalue weighted by Gasteiger charge is 2.30. The van der Waals surface area contributed by atoms with Crippen LogP contribution in [0.25, 0.3) is 0 Å². The second kappa shape index (κ2) is 5.83. The first-order valence-corrected chi connectivity index (χ1v) is 6.45. The van der Waals surface area contributed by atoms with Crippen LogP contribution in [-0.4, -0.2) is 42.6 Å². The highest BCUT2D eigenvalue weighted by atomic mass is 16.5. The van der Waals surface area contributed by atoms with E-state index in [4.69, 9.17) is 10.5 Å². The standard InChI is InChI=1S/C13H26N2O2/c1-10-5-6-12(16)15(8-7-10)9-11(14)13(2,3)17-4/h10-11H,5-9,14H2,1-4H3. The van der Waals surface area contributed by atoms with E-state index in [9.17, 15) is 4.79 Å². The summed E-state index contributed by atoms with van der Waals surface area (Å²) in [5.74, 6) is 0.868. The summed E-state index contributed by atoms with van der Waals surface area (Å²) in [6, 6.07) is -0.148. The van der Waals surface area contributed by atoms with E-state index in [0.29, 0.717) is 18.9 Å². The van der Waals surface area contributed by atoms with Crippen molar-refractivity contribution in [3.05, 3.63) is 0 Å². The van der Waals surface area contributed by atoms with Gasteiger partial charge in [0, 0.05) is 26.6 Å². The molecule has 1 rings (SSSR count). The average molecular weight is 242 g/mol. The van der Waals surface area contributed by atoms with Gasteiger partial charge in [-0.15, -0.1) is 0 Å². The Morgan fingerprint density at radius 2 is 2.18 bits per heavy atom. The second-order valence-electron chi connectivity index (χ2n) is 5.69. The molecule has 2 atom stereocenters. The largest absolute Gasteiger partial charge is 0.377 e. The first-order valence-electron chi connectivity index (χ1n) is 6.45. The van der Waals surface area contributed by atoms with Crippen LogP contribution < -0.4 is 5.73 Å². The van der Waals surface area contributed by atoms with Crippen LogP contribution in [0, 0.1) is 5.92 Å². The predicted molar refractivity (Wildman–Crippen MR) is 68.7 cm³/mol. The van der Waals surface area contributed by atoms with Gasteiger partial charge in [0.25, 0.3) is 0 Å². The van der Waals surface area contributed by atoms with Crippen molar-refractivity contribution < 1.29 is 9.53 Å². The van der Waals surface area contributed by atoms with Gasteiger partial charge in [-0.25, -0.2) is 0 Å². The van der Waals surface area contributed by atoms with Crippen molar-refractivity contribution in [3.8, 4) is 0 Å².